The minimum absolute atomic E-state index is 0.702. The van der Waals surface area contributed by atoms with Crippen molar-refractivity contribution in [1.82, 2.24) is 0 Å². The molecule has 0 aliphatic heterocycles. The van der Waals surface area contributed by atoms with E-state index in [9.17, 15) is 0 Å². The maximum absolute atomic E-state index is 5.40. The molecule has 13 heavy (non-hydrogen) atoms. The molecule has 3 heteroatoms. The van der Waals surface area contributed by atoms with Gasteiger partial charge in [0.1, 0.15) is 0 Å². The summed E-state index contributed by atoms with van der Waals surface area (Å²) in [6.07, 6.45) is 10.2. The largest absolute Gasteiger partial charge is 0.330 e. The average Bonchev–Trinajstić information content (AvgIpc) is 2.16. The van der Waals surface area contributed by atoms with Gasteiger partial charge in [0.15, 0.2) is 0 Å². The van der Waals surface area contributed by atoms with Crippen LogP contribution >= 0.6 is 0 Å². The van der Waals surface area contributed by atoms with E-state index in [1.165, 1.54) is 44.9 Å². The predicted molar refractivity (Wildman–Crippen MR) is 56.1 cm³/mol. The average molecular weight is 188 g/mol. The zero-order valence-electron chi connectivity index (χ0n) is 8.63. The molecule has 0 aliphatic carbocycles. The summed E-state index contributed by atoms with van der Waals surface area (Å²) >= 11 is 0. The summed E-state index contributed by atoms with van der Waals surface area (Å²) in [5, 5.41) is 0. The van der Waals surface area contributed by atoms with Gasteiger partial charge in [-0.25, -0.2) is 5.90 Å². The second kappa shape index (κ2) is 11.9. The van der Waals surface area contributed by atoms with Crippen molar-refractivity contribution in [3.05, 3.63) is 0 Å². The van der Waals surface area contributed by atoms with Crippen molar-refractivity contribution in [2.75, 3.05) is 13.2 Å². The monoisotopic (exact) mass is 188 g/mol. The van der Waals surface area contributed by atoms with Gasteiger partial charge in [0.2, 0.25) is 0 Å². The van der Waals surface area contributed by atoms with Gasteiger partial charge in [0.05, 0.1) is 6.61 Å². The highest BCUT2D eigenvalue weighted by molar-refractivity contribution is 4.46. The van der Waals surface area contributed by atoms with Gasteiger partial charge in [-0.1, -0.05) is 38.5 Å². The lowest BCUT2D eigenvalue weighted by Crippen LogP contribution is -2.00. The van der Waals surface area contributed by atoms with Gasteiger partial charge in [-0.3, -0.25) is 0 Å². The molecule has 0 saturated heterocycles. The van der Waals surface area contributed by atoms with Crippen LogP contribution in [0.5, 0.6) is 0 Å². The summed E-state index contributed by atoms with van der Waals surface area (Å²) in [6, 6.07) is 0. The van der Waals surface area contributed by atoms with Crippen LogP contribution in [0.25, 0.3) is 0 Å². The van der Waals surface area contributed by atoms with Gasteiger partial charge >= 0.3 is 0 Å². The van der Waals surface area contributed by atoms with Gasteiger partial charge in [-0.15, -0.1) is 0 Å². The Balaban J connectivity index is 2.76. The predicted octanol–water partition coefficient (Wildman–Crippen LogP) is 1.96. The van der Waals surface area contributed by atoms with Crippen LogP contribution in [0.1, 0.15) is 51.4 Å². The summed E-state index contributed by atoms with van der Waals surface area (Å²) in [5.74, 6) is 4.91. The van der Waals surface area contributed by atoms with E-state index >= 15 is 0 Å². The third kappa shape index (κ3) is 11.9. The first-order valence-corrected chi connectivity index (χ1v) is 5.43. The lowest BCUT2D eigenvalue weighted by molar-refractivity contribution is 0.133. The molecule has 0 bridgehead atoms. The Morgan fingerprint density at radius 3 is 1.62 bits per heavy atom. The van der Waals surface area contributed by atoms with Crippen LogP contribution in [0.3, 0.4) is 0 Å². The molecule has 0 fully saturated rings. The topological polar surface area (TPSA) is 61.3 Å². The summed E-state index contributed by atoms with van der Waals surface area (Å²) in [5.41, 5.74) is 5.40. The van der Waals surface area contributed by atoms with E-state index in [0.29, 0.717) is 6.61 Å². The van der Waals surface area contributed by atoms with Crippen molar-refractivity contribution in [2.24, 2.45) is 11.6 Å². The van der Waals surface area contributed by atoms with Gasteiger partial charge in [-0.2, -0.15) is 0 Å². The SMILES string of the molecule is NCCCCCCCCCCON. The zero-order chi connectivity index (χ0) is 9.78. The van der Waals surface area contributed by atoms with Crippen molar-refractivity contribution in [3.8, 4) is 0 Å². The van der Waals surface area contributed by atoms with Crippen LogP contribution in [0.2, 0.25) is 0 Å². The molecule has 0 aromatic heterocycles. The minimum atomic E-state index is 0.702. The standard InChI is InChI=1S/C10H24N2O/c11-9-7-5-3-1-2-4-6-8-10-13-12/h1-12H2. The highest BCUT2D eigenvalue weighted by Gasteiger charge is 1.91. The third-order valence-corrected chi connectivity index (χ3v) is 2.22. The quantitative estimate of drug-likeness (QED) is 0.407. The first kappa shape index (κ1) is 12.9. The Labute approximate surface area is 81.8 Å². The fourth-order valence-corrected chi connectivity index (χ4v) is 1.39. The lowest BCUT2D eigenvalue weighted by atomic mass is 10.1. The molecule has 4 N–H and O–H groups in total. The van der Waals surface area contributed by atoms with Crippen LogP contribution in [0, 0.1) is 0 Å². The molecule has 0 heterocycles. The van der Waals surface area contributed by atoms with E-state index < -0.39 is 0 Å². The Kier molecular flexibility index (Phi) is 11.8. The van der Waals surface area contributed by atoms with Crippen molar-refractivity contribution < 1.29 is 4.84 Å². The molecule has 80 valence electrons. The zero-order valence-corrected chi connectivity index (χ0v) is 8.63. The smallest absolute Gasteiger partial charge is 0.0679 e. The Hall–Kier alpha value is -0.120. The highest BCUT2D eigenvalue weighted by Crippen LogP contribution is 2.07. The van der Waals surface area contributed by atoms with E-state index in [2.05, 4.69) is 4.84 Å². The molecular formula is C10H24N2O. The van der Waals surface area contributed by atoms with Crippen molar-refractivity contribution in [1.29, 1.82) is 0 Å². The number of nitrogens with two attached hydrogens (primary N) is 2. The maximum atomic E-state index is 5.40. The van der Waals surface area contributed by atoms with Crippen molar-refractivity contribution in [3.63, 3.8) is 0 Å². The summed E-state index contributed by atoms with van der Waals surface area (Å²) in [7, 11) is 0. The van der Waals surface area contributed by atoms with Crippen LogP contribution < -0.4 is 11.6 Å². The van der Waals surface area contributed by atoms with Crippen molar-refractivity contribution in [2.45, 2.75) is 51.4 Å². The molecular weight excluding hydrogens is 164 g/mol. The molecule has 0 unspecified atom stereocenters. The van der Waals surface area contributed by atoms with E-state index in [-0.39, 0.29) is 0 Å². The van der Waals surface area contributed by atoms with Crippen LogP contribution in [-0.4, -0.2) is 13.2 Å². The van der Waals surface area contributed by atoms with E-state index in [0.717, 1.165) is 13.0 Å². The number of rotatable bonds is 10. The van der Waals surface area contributed by atoms with E-state index in [4.69, 9.17) is 11.6 Å². The minimum Gasteiger partial charge on any atom is -0.330 e. The molecule has 0 aromatic rings. The molecule has 3 nitrogen and oxygen atoms in total. The molecule has 0 saturated carbocycles. The Morgan fingerprint density at radius 2 is 1.15 bits per heavy atom. The molecule has 0 aromatic carbocycles. The first-order valence-electron chi connectivity index (χ1n) is 5.43. The number of hydrogen-bond acceptors (Lipinski definition) is 3. The lowest BCUT2D eigenvalue weighted by Gasteiger charge is -2.00. The summed E-state index contributed by atoms with van der Waals surface area (Å²) in [6.45, 7) is 1.54. The fraction of sp³-hybridized carbons (Fsp3) is 1.00. The third-order valence-electron chi connectivity index (χ3n) is 2.22. The fourth-order valence-electron chi connectivity index (χ4n) is 1.39. The van der Waals surface area contributed by atoms with Crippen LogP contribution in [0.15, 0.2) is 0 Å². The van der Waals surface area contributed by atoms with Gasteiger partial charge in [-0.05, 0) is 19.4 Å². The van der Waals surface area contributed by atoms with Crippen LogP contribution in [-0.2, 0) is 4.84 Å². The molecule has 0 atom stereocenters. The number of hydrogen-bond donors (Lipinski definition) is 2. The number of unbranched alkanes of at least 4 members (excludes halogenated alkanes) is 7. The van der Waals surface area contributed by atoms with Gasteiger partial charge in [0.25, 0.3) is 0 Å². The normalized spacial score (nSPS) is 10.6. The van der Waals surface area contributed by atoms with E-state index in [1.807, 2.05) is 0 Å². The second-order valence-corrected chi connectivity index (χ2v) is 3.49. The maximum Gasteiger partial charge on any atom is 0.0679 e. The molecule has 0 spiro atoms. The summed E-state index contributed by atoms with van der Waals surface area (Å²) < 4.78 is 0. The Bertz CT molecular complexity index is 79.0. The molecule has 0 aliphatic rings. The summed E-state index contributed by atoms with van der Waals surface area (Å²) in [4.78, 5) is 4.49. The first-order chi connectivity index (χ1) is 6.41. The van der Waals surface area contributed by atoms with Crippen molar-refractivity contribution >= 4 is 0 Å². The molecule has 0 amide bonds. The van der Waals surface area contributed by atoms with Crippen LogP contribution in [0.4, 0.5) is 0 Å². The molecule has 0 radical (unpaired) electrons. The highest BCUT2D eigenvalue weighted by atomic mass is 16.6. The molecule has 0 rings (SSSR count). The van der Waals surface area contributed by atoms with Gasteiger partial charge in [0, 0.05) is 0 Å². The van der Waals surface area contributed by atoms with E-state index in [1.54, 1.807) is 0 Å². The second-order valence-electron chi connectivity index (χ2n) is 3.49. The Morgan fingerprint density at radius 1 is 0.692 bits per heavy atom. The van der Waals surface area contributed by atoms with Gasteiger partial charge < -0.3 is 10.6 Å².